The first kappa shape index (κ1) is 13.1. The molecule has 0 bridgehead atoms. The van der Waals surface area contributed by atoms with E-state index in [9.17, 15) is 9.59 Å². The van der Waals surface area contributed by atoms with E-state index in [1.807, 2.05) is 0 Å². The van der Waals surface area contributed by atoms with Gasteiger partial charge in [0.1, 0.15) is 6.33 Å². The number of carboxylic acid groups (broad SMARTS) is 1. The molecule has 0 aromatic carbocycles. The van der Waals surface area contributed by atoms with Gasteiger partial charge < -0.3 is 10.4 Å². The average Bonchev–Trinajstić information content (AvgIpc) is 2.34. The number of unbranched alkanes of at least 4 members (excludes halogenated alkanes) is 2. The molecule has 1 aromatic rings. The third-order valence-corrected chi connectivity index (χ3v) is 2.18. The summed E-state index contributed by atoms with van der Waals surface area (Å²) in [5.74, 6) is -0.987. The van der Waals surface area contributed by atoms with E-state index >= 15 is 0 Å². The Morgan fingerprint density at radius 1 is 1.18 bits per heavy atom. The van der Waals surface area contributed by atoms with Gasteiger partial charge in [0, 0.05) is 25.4 Å². The van der Waals surface area contributed by atoms with Crippen molar-refractivity contribution in [2.75, 3.05) is 6.54 Å². The fourth-order valence-electron chi connectivity index (χ4n) is 1.30. The summed E-state index contributed by atoms with van der Waals surface area (Å²) < 4.78 is 0. The number of carbonyl (C=O) groups is 2. The van der Waals surface area contributed by atoms with Gasteiger partial charge in [-0.3, -0.25) is 9.59 Å². The molecule has 0 fully saturated rings. The fourth-order valence-corrected chi connectivity index (χ4v) is 1.30. The first-order chi connectivity index (χ1) is 8.20. The van der Waals surface area contributed by atoms with E-state index < -0.39 is 5.97 Å². The quantitative estimate of drug-likeness (QED) is 0.686. The van der Waals surface area contributed by atoms with Gasteiger partial charge in [-0.05, 0) is 12.8 Å². The summed E-state index contributed by atoms with van der Waals surface area (Å²) in [6, 6.07) is 0. The normalized spacial score (nSPS) is 9.88. The third-order valence-electron chi connectivity index (χ3n) is 2.18. The number of hydrogen-bond donors (Lipinski definition) is 2. The second-order valence-electron chi connectivity index (χ2n) is 3.59. The number of aromatic nitrogens is 2. The van der Waals surface area contributed by atoms with E-state index in [0.29, 0.717) is 18.5 Å². The number of amides is 1. The molecule has 0 aliphatic carbocycles. The Morgan fingerprint density at radius 3 is 2.53 bits per heavy atom. The Labute approximate surface area is 99.1 Å². The highest BCUT2D eigenvalue weighted by Crippen LogP contribution is 1.99. The van der Waals surface area contributed by atoms with Crippen molar-refractivity contribution in [1.82, 2.24) is 15.3 Å². The topological polar surface area (TPSA) is 92.2 Å². The number of nitrogens with one attached hydrogen (secondary N) is 1. The van der Waals surface area contributed by atoms with Gasteiger partial charge in [-0.25, -0.2) is 9.97 Å². The Hall–Kier alpha value is -1.98. The van der Waals surface area contributed by atoms with Crippen LogP contribution in [0.15, 0.2) is 18.7 Å². The minimum Gasteiger partial charge on any atom is -0.481 e. The molecule has 1 amide bonds. The number of aliphatic carboxylic acids is 1. The van der Waals surface area contributed by atoms with Gasteiger partial charge in [-0.1, -0.05) is 6.42 Å². The Balaban J connectivity index is 2.11. The molecular formula is C11H15N3O3. The van der Waals surface area contributed by atoms with Gasteiger partial charge in [0.25, 0.3) is 5.91 Å². The fraction of sp³-hybridized carbons (Fsp3) is 0.455. The Kier molecular flexibility index (Phi) is 5.63. The van der Waals surface area contributed by atoms with Crippen molar-refractivity contribution in [2.45, 2.75) is 25.7 Å². The summed E-state index contributed by atoms with van der Waals surface area (Å²) in [4.78, 5) is 29.2. The highest BCUT2D eigenvalue weighted by atomic mass is 16.4. The van der Waals surface area contributed by atoms with Crippen molar-refractivity contribution in [2.24, 2.45) is 0 Å². The molecule has 0 saturated heterocycles. The van der Waals surface area contributed by atoms with Crippen LogP contribution in [0.2, 0.25) is 0 Å². The lowest BCUT2D eigenvalue weighted by molar-refractivity contribution is -0.137. The average molecular weight is 237 g/mol. The molecular weight excluding hydrogens is 222 g/mol. The van der Waals surface area contributed by atoms with Gasteiger partial charge >= 0.3 is 5.97 Å². The lowest BCUT2D eigenvalue weighted by Gasteiger charge is -2.03. The van der Waals surface area contributed by atoms with Crippen molar-refractivity contribution in [3.63, 3.8) is 0 Å². The molecule has 2 N–H and O–H groups in total. The maximum absolute atomic E-state index is 11.5. The molecule has 0 spiro atoms. The van der Waals surface area contributed by atoms with Crippen molar-refractivity contribution in [3.8, 4) is 0 Å². The second-order valence-corrected chi connectivity index (χ2v) is 3.59. The molecule has 0 unspecified atom stereocenters. The molecule has 0 aliphatic heterocycles. The zero-order valence-electron chi connectivity index (χ0n) is 9.43. The van der Waals surface area contributed by atoms with Crippen LogP contribution >= 0.6 is 0 Å². The molecule has 0 aliphatic rings. The molecule has 17 heavy (non-hydrogen) atoms. The Bertz CT molecular complexity index is 367. The molecule has 1 heterocycles. The number of rotatable bonds is 7. The lowest BCUT2D eigenvalue weighted by Crippen LogP contribution is -2.24. The molecule has 0 saturated carbocycles. The van der Waals surface area contributed by atoms with Gasteiger partial charge in [0.2, 0.25) is 0 Å². The summed E-state index contributed by atoms with van der Waals surface area (Å²) in [5, 5.41) is 11.1. The second kappa shape index (κ2) is 7.32. The Morgan fingerprint density at radius 2 is 1.88 bits per heavy atom. The van der Waals surface area contributed by atoms with Crippen LogP contribution in [-0.2, 0) is 4.79 Å². The number of hydrogen-bond acceptors (Lipinski definition) is 4. The minimum absolute atomic E-state index is 0.181. The first-order valence-corrected chi connectivity index (χ1v) is 5.45. The largest absolute Gasteiger partial charge is 0.481 e. The van der Waals surface area contributed by atoms with Gasteiger partial charge in [-0.15, -0.1) is 0 Å². The van der Waals surface area contributed by atoms with E-state index in [4.69, 9.17) is 5.11 Å². The van der Waals surface area contributed by atoms with Crippen molar-refractivity contribution in [3.05, 3.63) is 24.3 Å². The minimum atomic E-state index is -0.782. The van der Waals surface area contributed by atoms with Crippen LogP contribution in [0.3, 0.4) is 0 Å². The maximum atomic E-state index is 11.5. The summed E-state index contributed by atoms with van der Waals surface area (Å²) in [7, 11) is 0. The van der Waals surface area contributed by atoms with Crippen molar-refractivity contribution in [1.29, 1.82) is 0 Å². The highest BCUT2D eigenvalue weighted by Gasteiger charge is 2.04. The van der Waals surface area contributed by atoms with Gasteiger partial charge in [0.15, 0.2) is 0 Å². The lowest BCUT2D eigenvalue weighted by atomic mass is 10.2. The van der Waals surface area contributed by atoms with E-state index in [0.717, 1.165) is 12.8 Å². The standard InChI is InChI=1S/C11H15N3O3/c15-10(16)4-2-1-3-5-14-11(17)9-6-12-8-13-7-9/h6-8H,1-5H2,(H,14,17)(H,15,16). The third kappa shape index (κ3) is 5.60. The highest BCUT2D eigenvalue weighted by molar-refractivity contribution is 5.93. The molecule has 6 heteroatoms. The monoisotopic (exact) mass is 237 g/mol. The predicted molar refractivity (Wildman–Crippen MR) is 60.5 cm³/mol. The van der Waals surface area contributed by atoms with Crippen LogP contribution in [0.4, 0.5) is 0 Å². The zero-order valence-corrected chi connectivity index (χ0v) is 9.43. The molecule has 1 aromatic heterocycles. The summed E-state index contributed by atoms with van der Waals surface area (Å²) in [6.07, 6.45) is 6.65. The maximum Gasteiger partial charge on any atom is 0.303 e. The van der Waals surface area contributed by atoms with E-state index in [1.165, 1.54) is 18.7 Å². The SMILES string of the molecule is O=C(O)CCCCCNC(=O)c1cncnc1. The molecule has 0 radical (unpaired) electrons. The molecule has 1 rings (SSSR count). The van der Waals surface area contributed by atoms with Crippen LogP contribution in [0.25, 0.3) is 0 Å². The summed E-state index contributed by atoms with van der Waals surface area (Å²) >= 11 is 0. The smallest absolute Gasteiger partial charge is 0.303 e. The van der Waals surface area contributed by atoms with Gasteiger partial charge in [0.05, 0.1) is 5.56 Å². The predicted octanol–water partition coefficient (Wildman–Crippen LogP) is 0.851. The van der Waals surface area contributed by atoms with Crippen LogP contribution in [0.1, 0.15) is 36.0 Å². The first-order valence-electron chi connectivity index (χ1n) is 5.45. The number of carboxylic acids is 1. The number of nitrogens with zero attached hydrogens (tertiary/aromatic N) is 2. The number of carbonyl (C=O) groups excluding carboxylic acids is 1. The van der Waals surface area contributed by atoms with Crippen LogP contribution in [-0.4, -0.2) is 33.5 Å². The van der Waals surface area contributed by atoms with Crippen LogP contribution in [0.5, 0.6) is 0 Å². The van der Waals surface area contributed by atoms with E-state index in [2.05, 4.69) is 15.3 Å². The summed E-state index contributed by atoms with van der Waals surface area (Å²) in [6.45, 7) is 0.535. The molecule has 6 nitrogen and oxygen atoms in total. The van der Waals surface area contributed by atoms with Crippen molar-refractivity contribution >= 4 is 11.9 Å². The van der Waals surface area contributed by atoms with Crippen LogP contribution in [0, 0.1) is 0 Å². The van der Waals surface area contributed by atoms with Crippen molar-refractivity contribution < 1.29 is 14.7 Å². The molecule has 0 atom stereocenters. The van der Waals surface area contributed by atoms with Crippen LogP contribution < -0.4 is 5.32 Å². The zero-order chi connectivity index (χ0) is 12.5. The van der Waals surface area contributed by atoms with E-state index in [-0.39, 0.29) is 12.3 Å². The summed E-state index contributed by atoms with van der Waals surface area (Å²) in [5.41, 5.74) is 0.429. The van der Waals surface area contributed by atoms with E-state index in [1.54, 1.807) is 0 Å². The molecule has 92 valence electrons. The van der Waals surface area contributed by atoms with Gasteiger partial charge in [-0.2, -0.15) is 0 Å².